The number of phosphoric acid groups is 1. The molecule has 57 heavy (non-hydrogen) atoms. The van der Waals surface area contributed by atoms with Crippen LogP contribution in [0.1, 0.15) is 245 Å². The van der Waals surface area contributed by atoms with E-state index in [9.17, 15) is 14.3 Å². The van der Waals surface area contributed by atoms with Crippen LogP contribution >= 0.6 is 7.82 Å². The first kappa shape index (κ1) is 56.5. The molecule has 9 heteroatoms. The molecular weight excluding hydrogens is 734 g/mol. The molecule has 0 N–H and O–H groups in total. The zero-order valence-electron chi connectivity index (χ0n) is 38.8. The maximum absolute atomic E-state index is 12.7. The Labute approximate surface area is 355 Å². The van der Waals surface area contributed by atoms with Crippen LogP contribution in [0.3, 0.4) is 0 Å². The van der Waals surface area contributed by atoms with E-state index in [1.165, 1.54) is 193 Å². The van der Waals surface area contributed by atoms with Crippen LogP contribution < -0.4 is 4.89 Å². The molecule has 8 nitrogen and oxygen atoms in total. The third-order valence-electron chi connectivity index (χ3n) is 11.2. The molecule has 0 spiro atoms. The van der Waals surface area contributed by atoms with Gasteiger partial charge in [0.25, 0.3) is 7.82 Å². The van der Waals surface area contributed by atoms with E-state index in [1.54, 1.807) is 0 Å². The van der Waals surface area contributed by atoms with Crippen molar-refractivity contribution in [2.45, 2.75) is 251 Å². The van der Waals surface area contributed by atoms with Crippen LogP contribution in [0, 0.1) is 0 Å². The summed E-state index contributed by atoms with van der Waals surface area (Å²) >= 11 is 0. The zero-order valence-corrected chi connectivity index (χ0v) is 39.7. The summed E-state index contributed by atoms with van der Waals surface area (Å²) in [7, 11) is 1.38. The molecule has 0 aliphatic carbocycles. The number of likely N-dealkylation sites (N-methyl/N-ethyl adjacent to an activating group) is 1. The standard InChI is InChI=1S/C48H98NO7P/c1-6-8-10-12-14-16-18-20-21-22-23-24-25-26-27-28-29-30-32-34-36-38-40-43-53-45-47(46-55-57(51,52)54-44-42-49(3,4)5)56-48(50)41-39-37-35-33-31-19-17-15-13-11-9-7-2/h47H,6-46H2,1-5H3. The zero-order chi connectivity index (χ0) is 42.0. The van der Waals surface area contributed by atoms with Gasteiger partial charge in [0.05, 0.1) is 34.4 Å². The number of phosphoric ester groups is 1. The second-order valence-corrected chi connectivity index (χ2v) is 19.6. The quantitative estimate of drug-likeness (QED) is 0.0261. The summed E-state index contributed by atoms with van der Waals surface area (Å²) in [5.74, 6) is -0.328. The van der Waals surface area contributed by atoms with E-state index in [2.05, 4.69) is 13.8 Å². The molecule has 0 saturated heterocycles. The molecule has 0 aromatic rings. The Hall–Kier alpha value is -0.500. The molecule has 0 radical (unpaired) electrons. The molecule has 0 fully saturated rings. The fourth-order valence-corrected chi connectivity index (χ4v) is 8.04. The van der Waals surface area contributed by atoms with Crippen molar-refractivity contribution < 1.29 is 37.3 Å². The highest BCUT2D eigenvalue weighted by Gasteiger charge is 2.20. The van der Waals surface area contributed by atoms with Crippen molar-refractivity contribution in [1.82, 2.24) is 0 Å². The van der Waals surface area contributed by atoms with Gasteiger partial charge >= 0.3 is 5.97 Å². The van der Waals surface area contributed by atoms with Gasteiger partial charge in [0.1, 0.15) is 19.3 Å². The molecule has 0 aromatic carbocycles. The number of nitrogens with zero attached hydrogens (tertiary/aromatic N) is 1. The molecule has 0 amide bonds. The highest BCUT2D eigenvalue weighted by molar-refractivity contribution is 7.45. The number of ether oxygens (including phenoxy) is 2. The summed E-state index contributed by atoms with van der Waals surface area (Å²) < 4.78 is 34.7. The Bertz CT molecular complexity index is 883. The van der Waals surface area contributed by atoms with Gasteiger partial charge in [-0.2, -0.15) is 0 Å². The molecule has 0 saturated carbocycles. The largest absolute Gasteiger partial charge is 0.756 e. The number of rotatable bonds is 47. The summed E-state index contributed by atoms with van der Waals surface area (Å²) in [4.78, 5) is 25.1. The number of hydrogen-bond acceptors (Lipinski definition) is 7. The average Bonchev–Trinajstić information content (AvgIpc) is 3.16. The maximum atomic E-state index is 12.7. The third kappa shape index (κ3) is 46.4. The Morgan fingerprint density at radius 1 is 0.474 bits per heavy atom. The van der Waals surface area contributed by atoms with Crippen LogP contribution in [0.4, 0.5) is 0 Å². The number of quaternary nitrogens is 1. The van der Waals surface area contributed by atoms with Gasteiger partial charge < -0.3 is 27.9 Å². The van der Waals surface area contributed by atoms with Gasteiger partial charge in [-0.05, 0) is 12.8 Å². The molecule has 2 unspecified atom stereocenters. The van der Waals surface area contributed by atoms with Gasteiger partial charge in [0.2, 0.25) is 0 Å². The normalized spacial score (nSPS) is 13.6. The van der Waals surface area contributed by atoms with Crippen LogP contribution in [-0.2, 0) is 27.9 Å². The SMILES string of the molecule is CCCCCCCCCCCCCCCCCCCCCCCCCOCC(COP(=O)([O-])OCC[N+](C)(C)C)OC(=O)CCCCCCCCCCCCCC. The second kappa shape index (κ2) is 42.2. The third-order valence-corrected chi connectivity index (χ3v) is 12.1. The van der Waals surface area contributed by atoms with Crippen LogP contribution in [0.15, 0.2) is 0 Å². The predicted octanol–water partition coefficient (Wildman–Crippen LogP) is 14.2. The Kier molecular flexibility index (Phi) is 41.8. The highest BCUT2D eigenvalue weighted by Crippen LogP contribution is 2.38. The van der Waals surface area contributed by atoms with E-state index in [-0.39, 0.29) is 25.8 Å². The van der Waals surface area contributed by atoms with Crippen molar-refractivity contribution in [1.29, 1.82) is 0 Å². The molecule has 0 aliphatic heterocycles. The lowest BCUT2D eigenvalue weighted by molar-refractivity contribution is -0.870. The number of unbranched alkanes of at least 4 members (excludes halogenated alkanes) is 33. The van der Waals surface area contributed by atoms with Crippen LogP contribution in [-0.4, -0.2) is 70.7 Å². The predicted molar refractivity (Wildman–Crippen MR) is 241 cm³/mol. The molecule has 0 bridgehead atoms. The minimum Gasteiger partial charge on any atom is -0.756 e. The summed E-state index contributed by atoms with van der Waals surface area (Å²) in [5, 5.41) is 0. The second-order valence-electron chi connectivity index (χ2n) is 18.2. The van der Waals surface area contributed by atoms with E-state index in [4.69, 9.17) is 18.5 Å². The molecule has 0 rings (SSSR count). The molecule has 2 atom stereocenters. The van der Waals surface area contributed by atoms with Crippen LogP contribution in [0.25, 0.3) is 0 Å². The van der Waals surface area contributed by atoms with Gasteiger partial charge in [-0.15, -0.1) is 0 Å². The smallest absolute Gasteiger partial charge is 0.306 e. The molecular formula is C48H98NO7P. The Balaban J connectivity index is 4.02. The minimum absolute atomic E-state index is 0.0315. The van der Waals surface area contributed by atoms with Gasteiger partial charge in [0, 0.05) is 13.0 Å². The fraction of sp³-hybridized carbons (Fsp3) is 0.979. The first-order chi connectivity index (χ1) is 27.6. The first-order valence-corrected chi connectivity index (χ1v) is 26.2. The van der Waals surface area contributed by atoms with E-state index < -0.39 is 13.9 Å². The summed E-state index contributed by atoms with van der Waals surface area (Å²) in [6, 6.07) is 0. The molecule has 0 aliphatic rings. The lowest BCUT2D eigenvalue weighted by atomic mass is 10.0. The number of esters is 1. The van der Waals surface area contributed by atoms with Gasteiger partial charge in [-0.3, -0.25) is 9.36 Å². The number of carbonyl (C=O) groups excluding carboxylic acids is 1. The Morgan fingerprint density at radius 3 is 1.16 bits per heavy atom. The topological polar surface area (TPSA) is 94.1 Å². The van der Waals surface area contributed by atoms with Crippen molar-refractivity contribution in [3.63, 3.8) is 0 Å². The maximum Gasteiger partial charge on any atom is 0.306 e. The lowest BCUT2D eigenvalue weighted by Gasteiger charge is -2.28. The van der Waals surface area contributed by atoms with Crippen LogP contribution in [0.2, 0.25) is 0 Å². The van der Waals surface area contributed by atoms with Crippen molar-refractivity contribution in [3.8, 4) is 0 Å². The molecule has 0 heterocycles. The minimum atomic E-state index is -4.52. The average molecular weight is 832 g/mol. The Morgan fingerprint density at radius 2 is 0.807 bits per heavy atom. The van der Waals surface area contributed by atoms with Crippen molar-refractivity contribution in [2.24, 2.45) is 0 Å². The van der Waals surface area contributed by atoms with Gasteiger partial charge in [0.15, 0.2) is 0 Å². The van der Waals surface area contributed by atoms with E-state index in [0.717, 1.165) is 32.1 Å². The van der Waals surface area contributed by atoms with E-state index in [0.29, 0.717) is 24.1 Å². The number of carbonyl (C=O) groups is 1. The van der Waals surface area contributed by atoms with E-state index >= 15 is 0 Å². The number of hydrogen-bond donors (Lipinski definition) is 0. The molecule has 342 valence electrons. The highest BCUT2D eigenvalue weighted by atomic mass is 31.2. The van der Waals surface area contributed by atoms with Crippen LogP contribution in [0.5, 0.6) is 0 Å². The monoisotopic (exact) mass is 832 g/mol. The summed E-state index contributed by atoms with van der Waals surface area (Å²) in [6.07, 6.45) is 45.6. The van der Waals surface area contributed by atoms with Gasteiger partial charge in [-0.25, -0.2) is 0 Å². The van der Waals surface area contributed by atoms with Gasteiger partial charge in [-0.1, -0.05) is 226 Å². The van der Waals surface area contributed by atoms with Crippen molar-refractivity contribution in [2.75, 3.05) is 54.1 Å². The van der Waals surface area contributed by atoms with E-state index in [1.807, 2.05) is 21.1 Å². The summed E-state index contributed by atoms with van der Waals surface area (Å²) in [6.45, 7) is 5.47. The summed E-state index contributed by atoms with van der Waals surface area (Å²) in [5.41, 5.74) is 0. The van der Waals surface area contributed by atoms with Crippen molar-refractivity contribution in [3.05, 3.63) is 0 Å². The lowest BCUT2D eigenvalue weighted by Crippen LogP contribution is -2.37. The fourth-order valence-electron chi connectivity index (χ4n) is 7.31. The molecule has 0 aromatic heterocycles. The van der Waals surface area contributed by atoms with Crippen molar-refractivity contribution >= 4 is 13.8 Å². The first-order valence-electron chi connectivity index (χ1n) is 24.8.